The number of benzene rings is 3. The van der Waals surface area contributed by atoms with Gasteiger partial charge in [-0.1, -0.05) is 31.2 Å². The van der Waals surface area contributed by atoms with Crippen LogP contribution in [0.5, 0.6) is 0 Å². The summed E-state index contributed by atoms with van der Waals surface area (Å²) in [6.45, 7) is 6.65. The summed E-state index contributed by atoms with van der Waals surface area (Å²) in [5.74, 6) is -0.175. The summed E-state index contributed by atoms with van der Waals surface area (Å²) in [5.41, 5.74) is 3.92. The van der Waals surface area contributed by atoms with Gasteiger partial charge in [0.05, 0.1) is 23.3 Å². The second-order valence-corrected chi connectivity index (χ2v) is 9.00. The monoisotopic (exact) mass is 480 g/mol. The highest BCUT2D eigenvalue weighted by Crippen LogP contribution is 2.35. The van der Waals surface area contributed by atoms with E-state index in [9.17, 15) is 18.0 Å². The van der Waals surface area contributed by atoms with Crippen LogP contribution in [0.4, 0.5) is 13.2 Å². The molecule has 4 aromatic rings. The first-order valence-corrected chi connectivity index (χ1v) is 11.5. The van der Waals surface area contributed by atoms with E-state index in [0.29, 0.717) is 24.3 Å². The topological polar surface area (TPSA) is 44.1 Å². The van der Waals surface area contributed by atoms with Crippen LogP contribution >= 0.6 is 0 Å². The smallest absolute Gasteiger partial charge is 0.416 e. The molecule has 4 nitrogen and oxygen atoms in total. The normalized spacial score (nSPS) is 12.6. The van der Waals surface area contributed by atoms with E-state index in [0.717, 1.165) is 40.1 Å². The summed E-state index contributed by atoms with van der Waals surface area (Å²) in [6.07, 6.45) is -1.64. The molecule has 0 aliphatic heterocycles. The van der Waals surface area contributed by atoms with Crippen molar-refractivity contribution in [1.29, 1.82) is 0 Å². The van der Waals surface area contributed by atoms with Gasteiger partial charge in [0.15, 0.2) is 0 Å². The molecule has 3 aromatic carbocycles. The molecule has 0 aliphatic rings. The molecule has 1 heterocycles. The van der Waals surface area contributed by atoms with Crippen LogP contribution in [0.2, 0.25) is 0 Å². The Hall–Kier alpha value is -3.61. The highest BCUT2D eigenvalue weighted by atomic mass is 19.4. The van der Waals surface area contributed by atoms with Gasteiger partial charge < -0.3 is 4.74 Å². The third kappa shape index (κ3) is 5.73. The Morgan fingerprint density at radius 3 is 2.40 bits per heavy atom. The van der Waals surface area contributed by atoms with Crippen LogP contribution in [-0.2, 0) is 17.5 Å². The molecule has 0 bridgehead atoms. The van der Waals surface area contributed by atoms with Crippen molar-refractivity contribution in [1.82, 2.24) is 9.78 Å². The van der Waals surface area contributed by atoms with Crippen LogP contribution in [0.1, 0.15) is 40.4 Å². The van der Waals surface area contributed by atoms with E-state index in [1.807, 2.05) is 42.9 Å². The lowest BCUT2D eigenvalue weighted by atomic mass is 9.94. The number of ether oxygens (including phenoxy) is 1. The molecular formula is C28H27F3N2O2. The number of alkyl halides is 3. The zero-order chi connectivity index (χ0) is 25.2. The minimum absolute atomic E-state index is 0.155. The molecule has 0 saturated carbocycles. The second kappa shape index (κ2) is 9.94. The molecule has 4 rings (SSSR count). The van der Waals surface area contributed by atoms with Crippen LogP contribution in [0.15, 0.2) is 66.9 Å². The van der Waals surface area contributed by atoms with E-state index >= 15 is 0 Å². The lowest BCUT2D eigenvalue weighted by Crippen LogP contribution is -2.14. The van der Waals surface area contributed by atoms with Crippen molar-refractivity contribution in [3.63, 3.8) is 0 Å². The predicted octanol–water partition coefficient (Wildman–Crippen LogP) is 7.22. The number of carbonyl (C=O) groups excluding carboxylic acids is 1. The van der Waals surface area contributed by atoms with Crippen molar-refractivity contribution in [3.8, 4) is 11.1 Å². The van der Waals surface area contributed by atoms with Crippen molar-refractivity contribution in [2.45, 2.75) is 39.9 Å². The average Bonchev–Trinajstić information content (AvgIpc) is 3.22. The molecule has 1 atom stereocenters. The molecule has 7 heteroatoms. The fraction of sp³-hybridized carbons (Fsp3) is 0.286. The van der Waals surface area contributed by atoms with Crippen LogP contribution in [-0.4, -0.2) is 22.4 Å². The van der Waals surface area contributed by atoms with E-state index in [1.54, 1.807) is 31.2 Å². The van der Waals surface area contributed by atoms with Gasteiger partial charge in [0.25, 0.3) is 0 Å². The lowest BCUT2D eigenvalue weighted by Gasteiger charge is -2.13. The summed E-state index contributed by atoms with van der Waals surface area (Å²) in [7, 11) is 0. The molecule has 0 radical (unpaired) electrons. The predicted molar refractivity (Wildman–Crippen MR) is 130 cm³/mol. The van der Waals surface area contributed by atoms with E-state index < -0.39 is 11.7 Å². The first-order valence-electron chi connectivity index (χ1n) is 11.5. The van der Waals surface area contributed by atoms with Crippen molar-refractivity contribution in [2.24, 2.45) is 5.92 Å². The molecule has 0 unspecified atom stereocenters. The molecular weight excluding hydrogens is 453 g/mol. The molecule has 1 aromatic heterocycles. The molecule has 0 amide bonds. The standard InChI is InChI=1S/C28H27F3N2O2/c1-18(17-35-27(34)21-7-5-4-6-8-21)11-12-33-16-22-15-25(20(3)14-26(22)32-33)24-10-9-23(13-19(24)2)28(29,30)31/h4-10,13-16,18H,11-12,17H2,1-3H3/t18-/m0/s1. The Labute approximate surface area is 202 Å². The third-order valence-electron chi connectivity index (χ3n) is 6.10. The second-order valence-electron chi connectivity index (χ2n) is 9.00. The number of nitrogens with zero attached hydrogens (tertiary/aromatic N) is 2. The quantitative estimate of drug-likeness (QED) is 0.262. The van der Waals surface area contributed by atoms with Gasteiger partial charge in [-0.05, 0) is 84.8 Å². The first kappa shape index (κ1) is 24.5. The number of hydrogen-bond acceptors (Lipinski definition) is 3. The number of aryl methyl sites for hydroxylation is 3. The molecule has 0 spiro atoms. The molecule has 0 saturated heterocycles. The van der Waals surface area contributed by atoms with E-state index in [1.165, 1.54) is 12.1 Å². The molecule has 182 valence electrons. The first-order chi connectivity index (χ1) is 16.6. The SMILES string of the molecule is Cc1cc(C(F)(F)F)ccc1-c1cc2cn(CC[C@H](C)COC(=O)c3ccccc3)nc2cc1C. The Bertz CT molecular complexity index is 1340. The number of carbonyl (C=O) groups is 1. The van der Waals surface area contributed by atoms with E-state index in [4.69, 9.17) is 4.74 Å². The van der Waals surface area contributed by atoms with Crippen molar-refractivity contribution >= 4 is 16.9 Å². The van der Waals surface area contributed by atoms with Crippen LogP contribution < -0.4 is 0 Å². The van der Waals surface area contributed by atoms with Crippen molar-refractivity contribution in [3.05, 3.63) is 89.1 Å². The maximum atomic E-state index is 13.1. The summed E-state index contributed by atoms with van der Waals surface area (Å²) >= 11 is 0. The Kier molecular flexibility index (Phi) is 6.96. The van der Waals surface area contributed by atoms with Crippen LogP contribution in [0, 0.1) is 19.8 Å². The van der Waals surface area contributed by atoms with E-state index in [-0.39, 0.29) is 11.9 Å². The highest BCUT2D eigenvalue weighted by Gasteiger charge is 2.30. The Balaban J connectivity index is 1.43. The maximum absolute atomic E-state index is 13.1. The fourth-order valence-electron chi connectivity index (χ4n) is 4.09. The maximum Gasteiger partial charge on any atom is 0.416 e. The van der Waals surface area contributed by atoms with Gasteiger partial charge in [0, 0.05) is 18.1 Å². The summed E-state index contributed by atoms with van der Waals surface area (Å²) in [6, 6.07) is 16.7. The van der Waals surface area contributed by atoms with Gasteiger partial charge in [0.2, 0.25) is 0 Å². The Morgan fingerprint density at radius 2 is 1.71 bits per heavy atom. The number of fused-ring (bicyclic) bond motifs is 1. The minimum Gasteiger partial charge on any atom is -0.462 e. The zero-order valence-corrected chi connectivity index (χ0v) is 19.9. The Morgan fingerprint density at radius 1 is 1.00 bits per heavy atom. The van der Waals surface area contributed by atoms with Gasteiger partial charge in [-0.25, -0.2) is 4.79 Å². The minimum atomic E-state index is -4.36. The number of hydrogen-bond donors (Lipinski definition) is 0. The highest BCUT2D eigenvalue weighted by molar-refractivity contribution is 5.89. The number of halogens is 3. The van der Waals surface area contributed by atoms with Crippen LogP contribution in [0.25, 0.3) is 22.0 Å². The lowest BCUT2D eigenvalue weighted by molar-refractivity contribution is -0.137. The van der Waals surface area contributed by atoms with Gasteiger partial charge in [0.1, 0.15) is 0 Å². The van der Waals surface area contributed by atoms with Crippen LogP contribution in [0.3, 0.4) is 0 Å². The fourth-order valence-corrected chi connectivity index (χ4v) is 4.09. The molecule has 0 fully saturated rings. The largest absolute Gasteiger partial charge is 0.462 e. The van der Waals surface area contributed by atoms with Gasteiger partial charge in [-0.2, -0.15) is 18.3 Å². The number of rotatable bonds is 7. The van der Waals surface area contributed by atoms with Gasteiger partial charge in [-0.3, -0.25) is 4.68 Å². The third-order valence-corrected chi connectivity index (χ3v) is 6.10. The summed E-state index contributed by atoms with van der Waals surface area (Å²) in [5, 5.41) is 5.58. The molecule has 0 aliphatic carbocycles. The van der Waals surface area contributed by atoms with Crippen molar-refractivity contribution in [2.75, 3.05) is 6.61 Å². The zero-order valence-electron chi connectivity index (χ0n) is 19.9. The molecule has 0 N–H and O–H groups in total. The number of esters is 1. The summed E-state index contributed by atoms with van der Waals surface area (Å²) in [4.78, 5) is 12.1. The van der Waals surface area contributed by atoms with Crippen molar-refractivity contribution < 1.29 is 22.7 Å². The van der Waals surface area contributed by atoms with Gasteiger partial charge >= 0.3 is 12.1 Å². The van der Waals surface area contributed by atoms with E-state index in [2.05, 4.69) is 5.10 Å². The number of aromatic nitrogens is 2. The summed E-state index contributed by atoms with van der Waals surface area (Å²) < 4.78 is 46.4. The molecule has 35 heavy (non-hydrogen) atoms. The average molecular weight is 481 g/mol. The van der Waals surface area contributed by atoms with Gasteiger partial charge in [-0.15, -0.1) is 0 Å².